The van der Waals surface area contributed by atoms with Crippen LogP contribution >= 0.6 is 0 Å². The summed E-state index contributed by atoms with van der Waals surface area (Å²) in [5.41, 5.74) is 0. The van der Waals surface area contributed by atoms with Crippen molar-refractivity contribution in [1.29, 1.82) is 0 Å². The van der Waals surface area contributed by atoms with Crippen LogP contribution in [-0.4, -0.2) is 46.2 Å². The first kappa shape index (κ1) is 12.3. The maximum atomic E-state index is 10.6. The van der Waals surface area contributed by atoms with Crippen LogP contribution < -0.4 is 0 Å². The molecule has 0 aromatic rings. The Balaban J connectivity index is 4.13. The minimum atomic E-state index is -1.27. The molecule has 3 N–H and O–H groups in total. The van der Waals surface area contributed by atoms with Crippen molar-refractivity contribution < 1.29 is 24.9 Å². The summed E-state index contributed by atoms with van der Waals surface area (Å²) in [4.78, 5) is 10.6. The van der Waals surface area contributed by atoms with E-state index >= 15 is 0 Å². The molecule has 3 unspecified atom stereocenters. The Morgan fingerprint density at radius 3 is 2.31 bits per heavy atom. The molecule has 0 amide bonds. The van der Waals surface area contributed by atoms with E-state index in [0.717, 1.165) is 0 Å². The van der Waals surface area contributed by atoms with Gasteiger partial charge in [0.05, 0.1) is 6.61 Å². The summed E-state index contributed by atoms with van der Waals surface area (Å²) in [6, 6.07) is 0. The van der Waals surface area contributed by atoms with Gasteiger partial charge in [0, 0.05) is 6.92 Å². The fraction of sp³-hybridized carbons (Fsp3) is 0.875. The highest BCUT2D eigenvalue weighted by molar-refractivity contribution is 5.66. The number of esters is 1. The van der Waals surface area contributed by atoms with Crippen LogP contribution in [0.3, 0.4) is 0 Å². The fourth-order valence-corrected chi connectivity index (χ4v) is 0.963. The summed E-state index contributed by atoms with van der Waals surface area (Å²) in [7, 11) is 0. The summed E-state index contributed by atoms with van der Waals surface area (Å²) in [6.45, 7) is 2.38. The number of hydrogen-bond acceptors (Lipinski definition) is 5. The molecule has 0 saturated heterocycles. The van der Waals surface area contributed by atoms with Gasteiger partial charge in [0.2, 0.25) is 0 Å². The third kappa shape index (κ3) is 4.21. The number of carbonyl (C=O) groups excluding carboxylic acids is 1. The fourth-order valence-electron chi connectivity index (χ4n) is 0.963. The second-order valence-corrected chi connectivity index (χ2v) is 2.80. The lowest BCUT2D eigenvalue weighted by Crippen LogP contribution is -2.41. The van der Waals surface area contributed by atoms with E-state index in [1.165, 1.54) is 6.92 Å². The van der Waals surface area contributed by atoms with Crippen molar-refractivity contribution in [2.24, 2.45) is 0 Å². The number of rotatable bonds is 5. The lowest BCUT2D eigenvalue weighted by atomic mass is 10.1. The molecule has 0 aromatic carbocycles. The smallest absolute Gasteiger partial charge is 0.302 e. The molecule has 0 bridgehead atoms. The molecule has 5 nitrogen and oxygen atoms in total. The molecule has 0 radical (unpaired) electrons. The summed E-state index contributed by atoms with van der Waals surface area (Å²) in [6.07, 6.45) is -2.89. The molecule has 3 atom stereocenters. The third-order valence-electron chi connectivity index (χ3n) is 1.68. The average Bonchev–Trinajstić information content (AvgIpc) is 2.11. The molecule has 78 valence electrons. The maximum absolute atomic E-state index is 10.6. The summed E-state index contributed by atoms with van der Waals surface area (Å²) in [5.74, 6) is -0.518. The van der Waals surface area contributed by atoms with E-state index in [1.807, 2.05) is 0 Å². The molecule has 0 spiro atoms. The summed E-state index contributed by atoms with van der Waals surface area (Å²) >= 11 is 0. The van der Waals surface area contributed by atoms with E-state index in [9.17, 15) is 9.90 Å². The molecule has 0 aromatic heterocycles. The van der Waals surface area contributed by atoms with Gasteiger partial charge in [0.15, 0.2) is 0 Å². The normalized spacial score (nSPS) is 17.6. The van der Waals surface area contributed by atoms with Gasteiger partial charge in [-0.05, 0) is 6.42 Å². The van der Waals surface area contributed by atoms with Crippen LogP contribution in [0.5, 0.6) is 0 Å². The lowest BCUT2D eigenvalue weighted by molar-refractivity contribution is -0.159. The topological polar surface area (TPSA) is 87.0 Å². The van der Waals surface area contributed by atoms with Gasteiger partial charge in [0.1, 0.15) is 18.3 Å². The van der Waals surface area contributed by atoms with Crippen molar-refractivity contribution in [3.63, 3.8) is 0 Å². The third-order valence-corrected chi connectivity index (χ3v) is 1.68. The minimum Gasteiger partial charge on any atom is -0.460 e. The van der Waals surface area contributed by atoms with Crippen LogP contribution in [0.4, 0.5) is 0 Å². The number of aliphatic hydroxyl groups is 3. The van der Waals surface area contributed by atoms with Gasteiger partial charge in [-0.3, -0.25) is 4.79 Å². The van der Waals surface area contributed by atoms with Crippen molar-refractivity contribution in [3.8, 4) is 0 Å². The quantitative estimate of drug-likeness (QED) is 0.488. The first-order chi connectivity index (χ1) is 6.02. The Hall–Kier alpha value is -0.650. The Bertz CT molecular complexity index is 159. The van der Waals surface area contributed by atoms with Crippen molar-refractivity contribution in [1.82, 2.24) is 0 Å². The monoisotopic (exact) mass is 192 g/mol. The van der Waals surface area contributed by atoms with Crippen molar-refractivity contribution >= 4 is 5.97 Å². The highest BCUT2D eigenvalue weighted by atomic mass is 16.6. The summed E-state index contributed by atoms with van der Waals surface area (Å²) in [5, 5.41) is 26.9. The van der Waals surface area contributed by atoms with E-state index in [2.05, 4.69) is 0 Å². The minimum absolute atomic E-state index is 0.387. The van der Waals surface area contributed by atoms with Crippen LogP contribution in [0.1, 0.15) is 20.3 Å². The predicted octanol–water partition coefficient (Wildman–Crippen LogP) is -0.958. The van der Waals surface area contributed by atoms with Crippen LogP contribution in [-0.2, 0) is 9.53 Å². The molecule has 0 aliphatic heterocycles. The van der Waals surface area contributed by atoms with Gasteiger partial charge < -0.3 is 20.1 Å². The average molecular weight is 192 g/mol. The molecule has 0 fully saturated rings. The van der Waals surface area contributed by atoms with Crippen molar-refractivity contribution in [2.75, 3.05) is 6.61 Å². The molecule has 0 aliphatic carbocycles. The van der Waals surface area contributed by atoms with Gasteiger partial charge in [-0.15, -0.1) is 0 Å². The van der Waals surface area contributed by atoms with Gasteiger partial charge in [-0.25, -0.2) is 0 Å². The molecule has 13 heavy (non-hydrogen) atoms. The molecular formula is C8H16O5. The maximum Gasteiger partial charge on any atom is 0.302 e. The van der Waals surface area contributed by atoms with Gasteiger partial charge in [-0.1, -0.05) is 6.92 Å². The van der Waals surface area contributed by atoms with Crippen LogP contribution in [0.15, 0.2) is 0 Å². The highest BCUT2D eigenvalue weighted by Gasteiger charge is 2.26. The van der Waals surface area contributed by atoms with E-state index in [1.54, 1.807) is 6.92 Å². The van der Waals surface area contributed by atoms with Crippen molar-refractivity contribution in [3.05, 3.63) is 0 Å². The zero-order valence-corrected chi connectivity index (χ0v) is 7.80. The number of ether oxygens (including phenoxy) is 1. The number of carbonyl (C=O) groups is 1. The molecular weight excluding hydrogens is 176 g/mol. The van der Waals surface area contributed by atoms with Crippen LogP contribution in [0.2, 0.25) is 0 Å². The van der Waals surface area contributed by atoms with Crippen molar-refractivity contribution in [2.45, 2.75) is 38.6 Å². The first-order valence-electron chi connectivity index (χ1n) is 4.17. The molecule has 5 heteroatoms. The molecule has 0 rings (SSSR count). The zero-order valence-electron chi connectivity index (χ0n) is 7.80. The van der Waals surface area contributed by atoms with Gasteiger partial charge in [0.25, 0.3) is 0 Å². The van der Waals surface area contributed by atoms with E-state index < -0.39 is 30.9 Å². The molecule has 0 aliphatic rings. The summed E-state index contributed by atoms with van der Waals surface area (Å²) < 4.78 is 4.72. The molecule has 0 saturated carbocycles. The zero-order chi connectivity index (χ0) is 10.4. The second-order valence-electron chi connectivity index (χ2n) is 2.80. The second kappa shape index (κ2) is 5.90. The van der Waals surface area contributed by atoms with E-state index in [-0.39, 0.29) is 0 Å². The number of hydrogen-bond donors (Lipinski definition) is 3. The lowest BCUT2D eigenvalue weighted by Gasteiger charge is -2.24. The van der Waals surface area contributed by atoms with Crippen LogP contribution in [0.25, 0.3) is 0 Å². The largest absolute Gasteiger partial charge is 0.460 e. The van der Waals surface area contributed by atoms with E-state index in [4.69, 9.17) is 14.9 Å². The Labute approximate surface area is 77.0 Å². The van der Waals surface area contributed by atoms with E-state index in [0.29, 0.717) is 6.42 Å². The Kier molecular flexibility index (Phi) is 5.61. The SMILES string of the molecule is CCC(OC(C)=O)C(O)C(O)CO. The van der Waals surface area contributed by atoms with Gasteiger partial charge >= 0.3 is 5.97 Å². The Morgan fingerprint density at radius 1 is 1.46 bits per heavy atom. The van der Waals surface area contributed by atoms with Gasteiger partial charge in [-0.2, -0.15) is 0 Å². The predicted molar refractivity (Wildman–Crippen MR) is 44.9 cm³/mol. The highest BCUT2D eigenvalue weighted by Crippen LogP contribution is 2.08. The standard InChI is InChI=1S/C8H16O5/c1-3-7(13-5(2)10)8(12)6(11)4-9/h6-9,11-12H,3-4H2,1-2H3. The Morgan fingerprint density at radius 2 is 2.00 bits per heavy atom. The molecule has 0 heterocycles. The number of aliphatic hydroxyl groups excluding tert-OH is 3. The van der Waals surface area contributed by atoms with Crippen LogP contribution in [0, 0.1) is 0 Å². The first-order valence-corrected chi connectivity index (χ1v) is 4.17.